The van der Waals surface area contributed by atoms with E-state index in [0.717, 1.165) is 12.8 Å². The molecule has 0 unspecified atom stereocenters. The van der Waals surface area contributed by atoms with Gasteiger partial charge in [0.15, 0.2) is 5.75 Å². The van der Waals surface area contributed by atoms with Crippen LogP contribution in [0.1, 0.15) is 71.1 Å². The number of hydrogen-bond donors (Lipinski definition) is 3. The fourth-order valence-corrected chi connectivity index (χ4v) is 2.13. The van der Waals surface area contributed by atoms with Crippen molar-refractivity contribution in [1.82, 2.24) is 0 Å². The molecule has 0 aromatic rings. The molecule has 0 heterocycles. The molecule has 132 valence electrons. The van der Waals surface area contributed by atoms with Crippen LogP contribution in [0.15, 0.2) is 0 Å². The van der Waals surface area contributed by atoms with E-state index in [1.54, 1.807) is 0 Å². The molecule has 0 aliphatic heterocycles. The van der Waals surface area contributed by atoms with E-state index >= 15 is 0 Å². The molecule has 8 heteroatoms. The molecule has 1 amide bonds. The van der Waals surface area contributed by atoms with Crippen molar-refractivity contribution in [3.63, 3.8) is 0 Å². The molecular weight excluding hydrogens is 310 g/mol. The zero-order valence-corrected chi connectivity index (χ0v) is 14.1. The first-order chi connectivity index (χ1) is 10.2. The molecule has 0 saturated carbocycles. The normalized spacial score (nSPS) is 10.6. The number of nitrogens with two attached hydrogens (primary N) is 1. The van der Waals surface area contributed by atoms with Gasteiger partial charge < -0.3 is 10.8 Å². The van der Waals surface area contributed by atoms with Gasteiger partial charge in [0.25, 0.3) is 10.1 Å². The zero-order valence-electron chi connectivity index (χ0n) is 13.3. The van der Waals surface area contributed by atoms with Gasteiger partial charge in [0.1, 0.15) is 0 Å². The lowest BCUT2D eigenvalue weighted by Crippen LogP contribution is -2.22. The number of primary amides is 1. The molecular formula is C14H29NO6S. The summed E-state index contributed by atoms with van der Waals surface area (Å²) in [5.74, 6) is -2.73. The van der Waals surface area contributed by atoms with E-state index in [-0.39, 0.29) is 0 Å². The number of amides is 1. The number of rotatable bonds is 12. The molecule has 0 fully saturated rings. The third-order valence-corrected chi connectivity index (χ3v) is 3.47. The van der Waals surface area contributed by atoms with Gasteiger partial charge in [-0.3, -0.25) is 14.1 Å². The molecule has 0 aromatic carbocycles. The molecule has 0 aliphatic rings. The van der Waals surface area contributed by atoms with Gasteiger partial charge in [0.05, 0.1) is 0 Å². The Morgan fingerprint density at radius 2 is 1.32 bits per heavy atom. The monoisotopic (exact) mass is 339 g/mol. The SMILES string of the molecule is CCCCCCCCCCCC(=O)O.NC(=O)CS(=O)(=O)O. The molecule has 0 radical (unpaired) electrons. The van der Waals surface area contributed by atoms with Gasteiger partial charge in [-0.15, -0.1) is 0 Å². The second-order valence-electron chi connectivity index (χ2n) is 5.16. The minimum atomic E-state index is -4.20. The topological polar surface area (TPSA) is 135 Å². The first kappa shape index (κ1) is 23.1. The fraction of sp³-hybridized carbons (Fsp3) is 0.857. The van der Waals surface area contributed by atoms with Crippen molar-refractivity contribution in [2.75, 3.05) is 5.75 Å². The average Bonchev–Trinajstić information content (AvgIpc) is 2.34. The number of unbranched alkanes of at least 4 members (excludes halogenated alkanes) is 8. The van der Waals surface area contributed by atoms with Crippen molar-refractivity contribution >= 4 is 22.0 Å². The van der Waals surface area contributed by atoms with Crippen LogP contribution in [0.5, 0.6) is 0 Å². The van der Waals surface area contributed by atoms with Gasteiger partial charge in [-0.1, -0.05) is 58.3 Å². The lowest BCUT2D eigenvalue weighted by molar-refractivity contribution is -0.137. The highest BCUT2D eigenvalue weighted by Crippen LogP contribution is 2.10. The smallest absolute Gasteiger partial charge is 0.303 e. The Morgan fingerprint density at radius 1 is 0.909 bits per heavy atom. The summed E-state index contributed by atoms with van der Waals surface area (Å²) < 4.78 is 27.3. The van der Waals surface area contributed by atoms with Crippen molar-refractivity contribution in [3.8, 4) is 0 Å². The number of carboxylic acids is 1. The van der Waals surface area contributed by atoms with Crippen molar-refractivity contribution in [3.05, 3.63) is 0 Å². The molecule has 0 spiro atoms. The lowest BCUT2D eigenvalue weighted by Gasteiger charge is -2.00. The Bertz CT molecular complexity index is 394. The minimum Gasteiger partial charge on any atom is -0.481 e. The molecule has 4 N–H and O–H groups in total. The highest BCUT2D eigenvalue weighted by atomic mass is 32.2. The molecule has 0 atom stereocenters. The number of carbonyl (C=O) groups excluding carboxylic acids is 1. The summed E-state index contributed by atoms with van der Waals surface area (Å²) >= 11 is 0. The predicted molar refractivity (Wildman–Crippen MR) is 85.1 cm³/mol. The van der Waals surface area contributed by atoms with Gasteiger partial charge in [-0.05, 0) is 6.42 Å². The van der Waals surface area contributed by atoms with E-state index in [1.807, 2.05) is 0 Å². The maximum absolute atomic E-state index is 10.2. The maximum Gasteiger partial charge on any atom is 0.303 e. The lowest BCUT2D eigenvalue weighted by atomic mass is 10.1. The highest BCUT2D eigenvalue weighted by Gasteiger charge is 2.07. The summed E-state index contributed by atoms with van der Waals surface area (Å²) in [5.41, 5.74) is 4.40. The van der Waals surface area contributed by atoms with Crippen LogP contribution in [0.4, 0.5) is 0 Å². The second kappa shape index (κ2) is 14.8. The van der Waals surface area contributed by atoms with E-state index in [2.05, 4.69) is 12.7 Å². The Kier molecular flexibility index (Phi) is 15.5. The van der Waals surface area contributed by atoms with Crippen LogP contribution in [0.2, 0.25) is 0 Å². The standard InChI is InChI=1S/C12H24O2.C2H5NO4S/c1-2-3-4-5-6-7-8-9-10-11-12(13)14;3-2(4)1-8(5,6)7/h2-11H2,1H3,(H,13,14);1H2,(H2,3,4)(H,5,6,7). The molecule has 22 heavy (non-hydrogen) atoms. The number of hydrogen-bond acceptors (Lipinski definition) is 4. The van der Waals surface area contributed by atoms with Crippen LogP contribution in [0.3, 0.4) is 0 Å². The van der Waals surface area contributed by atoms with Crippen LogP contribution in [-0.4, -0.2) is 35.7 Å². The van der Waals surface area contributed by atoms with Crippen molar-refractivity contribution in [2.24, 2.45) is 5.73 Å². The third-order valence-electron chi connectivity index (χ3n) is 2.82. The van der Waals surface area contributed by atoms with Crippen LogP contribution in [0.25, 0.3) is 0 Å². The molecule has 0 rings (SSSR count). The summed E-state index contributed by atoms with van der Waals surface area (Å²) in [6.07, 6.45) is 11.5. The zero-order chi connectivity index (χ0) is 17.4. The first-order valence-corrected chi connectivity index (χ1v) is 9.25. The van der Waals surface area contributed by atoms with Crippen molar-refractivity contribution in [2.45, 2.75) is 71.1 Å². The van der Waals surface area contributed by atoms with Crippen molar-refractivity contribution in [1.29, 1.82) is 0 Å². The molecule has 7 nitrogen and oxygen atoms in total. The first-order valence-electron chi connectivity index (χ1n) is 7.64. The van der Waals surface area contributed by atoms with Gasteiger partial charge in [0.2, 0.25) is 5.91 Å². The van der Waals surface area contributed by atoms with Crippen LogP contribution in [-0.2, 0) is 19.7 Å². The van der Waals surface area contributed by atoms with Crippen LogP contribution >= 0.6 is 0 Å². The van der Waals surface area contributed by atoms with E-state index in [1.165, 1.54) is 44.9 Å². The molecule has 0 aliphatic carbocycles. The maximum atomic E-state index is 10.2. The third kappa shape index (κ3) is 27.2. The van der Waals surface area contributed by atoms with Crippen LogP contribution in [0, 0.1) is 0 Å². The van der Waals surface area contributed by atoms with E-state index < -0.39 is 27.7 Å². The van der Waals surface area contributed by atoms with Crippen molar-refractivity contribution < 1.29 is 27.7 Å². The molecule has 0 saturated heterocycles. The molecule has 0 aromatic heterocycles. The van der Waals surface area contributed by atoms with E-state index in [0.29, 0.717) is 6.42 Å². The largest absolute Gasteiger partial charge is 0.481 e. The van der Waals surface area contributed by atoms with Gasteiger partial charge >= 0.3 is 5.97 Å². The van der Waals surface area contributed by atoms with Crippen LogP contribution < -0.4 is 5.73 Å². The van der Waals surface area contributed by atoms with E-state index in [4.69, 9.17) is 9.66 Å². The summed E-state index contributed by atoms with van der Waals surface area (Å²) in [5, 5.41) is 8.41. The van der Waals surface area contributed by atoms with Gasteiger partial charge in [0, 0.05) is 6.42 Å². The highest BCUT2D eigenvalue weighted by molar-refractivity contribution is 7.86. The average molecular weight is 339 g/mol. The van der Waals surface area contributed by atoms with Gasteiger partial charge in [-0.2, -0.15) is 8.42 Å². The number of carbonyl (C=O) groups is 2. The Hall–Kier alpha value is -1.15. The Morgan fingerprint density at radius 3 is 1.59 bits per heavy atom. The Labute approximate surface area is 133 Å². The van der Waals surface area contributed by atoms with Gasteiger partial charge in [-0.25, -0.2) is 0 Å². The Balaban J connectivity index is 0. The quantitative estimate of drug-likeness (QED) is 0.369. The molecule has 0 bridgehead atoms. The predicted octanol–water partition coefficient (Wildman–Crippen LogP) is 2.35. The second-order valence-corrected chi connectivity index (χ2v) is 6.62. The summed E-state index contributed by atoms with van der Waals surface area (Å²) in [6.45, 7) is 2.23. The number of aliphatic carboxylic acids is 1. The fourth-order valence-electron chi connectivity index (χ4n) is 1.77. The van der Waals surface area contributed by atoms with E-state index in [9.17, 15) is 18.0 Å². The summed E-state index contributed by atoms with van der Waals surface area (Å²) in [4.78, 5) is 19.9. The minimum absolute atomic E-state index is 0.343. The summed E-state index contributed by atoms with van der Waals surface area (Å²) in [6, 6.07) is 0. The summed E-state index contributed by atoms with van der Waals surface area (Å²) in [7, 11) is -4.20. The number of carboxylic acid groups (broad SMARTS) is 1.